The molecule has 2 aromatic carbocycles. The summed E-state index contributed by atoms with van der Waals surface area (Å²) in [6, 6.07) is 12.8. The molecule has 0 fully saturated rings. The average molecular weight is 372 g/mol. The number of halogens is 1. The third-order valence-corrected chi connectivity index (χ3v) is 3.72. The van der Waals surface area contributed by atoms with Gasteiger partial charge in [0, 0.05) is 33.8 Å². The third-order valence-electron chi connectivity index (χ3n) is 3.26. The van der Waals surface area contributed by atoms with E-state index in [4.69, 9.17) is 0 Å². The lowest BCUT2D eigenvalue weighted by molar-refractivity contribution is -0.384. The monoisotopic (exact) mass is 371 g/mol. The van der Waals surface area contributed by atoms with Gasteiger partial charge in [-0.2, -0.15) is 0 Å². The Hall–Kier alpha value is -2.80. The van der Waals surface area contributed by atoms with Crippen LogP contribution in [0, 0.1) is 10.1 Å². The highest BCUT2D eigenvalue weighted by Gasteiger charge is 2.12. The Morgan fingerprint density at radius 3 is 2.61 bits per heavy atom. The standard InChI is InChI=1S/C16H10BrN3O3/c17-12-8-11-2-1-7-18-15(11)14(9-12)19-16(21)10-3-5-13(6-4-10)20(22)23/h1-9H,(H,19,21). The Morgan fingerprint density at radius 2 is 1.91 bits per heavy atom. The van der Waals surface area contributed by atoms with Crippen LogP contribution in [-0.2, 0) is 0 Å². The molecular weight excluding hydrogens is 362 g/mol. The summed E-state index contributed by atoms with van der Waals surface area (Å²) in [7, 11) is 0. The van der Waals surface area contributed by atoms with E-state index in [1.54, 1.807) is 12.3 Å². The second kappa shape index (κ2) is 6.13. The van der Waals surface area contributed by atoms with Crippen molar-refractivity contribution in [3.05, 3.63) is 74.9 Å². The Kier molecular flexibility index (Phi) is 4.03. The fourth-order valence-corrected chi connectivity index (χ4v) is 2.66. The van der Waals surface area contributed by atoms with Crippen LogP contribution in [0.1, 0.15) is 10.4 Å². The number of fused-ring (bicyclic) bond motifs is 1. The van der Waals surface area contributed by atoms with Crippen LogP contribution in [0.15, 0.2) is 59.2 Å². The summed E-state index contributed by atoms with van der Waals surface area (Å²) in [4.78, 5) is 26.7. The van der Waals surface area contributed by atoms with Gasteiger partial charge in [0.05, 0.1) is 16.1 Å². The molecule has 3 aromatic rings. The first kappa shape index (κ1) is 15.1. The van der Waals surface area contributed by atoms with Crippen molar-refractivity contribution >= 4 is 44.1 Å². The SMILES string of the molecule is O=C(Nc1cc(Br)cc2cccnc12)c1ccc([N+](=O)[O-])cc1. The molecule has 6 nitrogen and oxygen atoms in total. The van der Waals surface area contributed by atoms with E-state index in [0.717, 1.165) is 9.86 Å². The first-order valence-electron chi connectivity index (χ1n) is 6.65. The molecule has 0 radical (unpaired) electrons. The van der Waals surface area contributed by atoms with Gasteiger partial charge in [0.25, 0.3) is 11.6 Å². The summed E-state index contributed by atoms with van der Waals surface area (Å²) in [6.07, 6.45) is 1.65. The molecule has 1 aromatic heterocycles. The molecule has 0 saturated heterocycles. The van der Waals surface area contributed by atoms with Gasteiger partial charge in [-0.1, -0.05) is 22.0 Å². The highest BCUT2D eigenvalue weighted by atomic mass is 79.9. The molecule has 0 unspecified atom stereocenters. The summed E-state index contributed by atoms with van der Waals surface area (Å²) < 4.78 is 0.817. The zero-order chi connectivity index (χ0) is 16.4. The molecule has 0 saturated carbocycles. The highest BCUT2D eigenvalue weighted by molar-refractivity contribution is 9.10. The number of aromatic nitrogens is 1. The van der Waals surface area contributed by atoms with E-state index >= 15 is 0 Å². The molecule has 0 atom stereocenters. The van der Waals surface area contributed by atoms with Crippen LogP contribution in [-0.4, -0.2) is 15.8 Å². The van der Waals surface area contributed by atoms with Crippen molar-refractivity contribution < 1.29 is 9.72 Å². The van der Waals surface area contributed by atoms with Crippen LogP contribution >= 0.6 is 15.9 Å². The summed E-state index contributed by atoms with van der Waals surface area (Å²) in [5, 5.41) is 14.3. The zero-order valence-electron chi connectivity index (χ0n) is 11.7. The number of anilines is 1. The number of benzene rings is 2. The van der Waals surface area contributed by atoms with Gasteiger partial charge in [-0.05, 0) is 30.3 Å². The maximum absolute atomic E-state index is 12.3. The van der Waals surface area contributed by atoms with E-state index in [0.29, 0.717) is 16.8 Å². The van der Waals surface area contributed by atoms with Gasteiger partial charge in [0.1, 0.15) is 0 Å². The minimum Gasteiger partial charge on any atom is -0.320 e. The van der Waals surface area contributed by atoms with E-state index in [1.165, 1.54) is 24.3 Å². The van der Waals surface area contributed by atoms with Crippen LogP contribution in [0.4, 0.5) is 11.4 Å². The fourth-order valence-electron chi connectivity index (χ4n) is 2.18. The smallest absolute Gasteiger partial charge is 0.269 e. The molecule has 0 bridgehead atoms. The molecule has 1 heterocycles. The zero-order valence-corrected chi connectivity index (χ0v) is 13.3. The van der Waals surface area contributed by atoms with E-state index < -0.39 is 4.92 Å². The first-order valence-corrected chi connectivity index (χ1v) is 7.44. The van der Waals surface area contributed by atoms with Crippen molar-refractivity contribution in [2.75, 3.05) is 5.32 Å². The third kappa shape index (κ3) is 3.19. The van der Waals surface area contributed by atoms with Gasteiger partial charge in [0.15, 0.2) is 0 Å². The van der Waals surface area contributed by atoms with Crippen molar-refractivity contribution in [3.63, 3.8) is 0 Å². The van der Waals surface area contributed by atoms with Crippen molar-refractivity contribution in [3.8, 4) is 0 Å². The largest absolute Gasteiger partial charge is 0.320 e. The van der Waals surface area contributed by atoms with E-state index in [9.17, 15) is 14.9 Å². The van der Waals surface area contributed by atoms with E-state index in [-0.39, 0.29) is 11.6 Å². The van der Waals surface area contributed by atoms with Crippen LogP contribution in [0.3, 0.4) is 0 Å². The maximum Gasteiger partial charge on any atom is 0.269 e. The molecule has 0 spiro atoms. The van der Waals surface area contributed by atoms with Gasteiger partial charge in [-0.3, -0.25) is 19.9 Å². The van der Waals surface area contributed by atoms with Crippen LogP contribution in [0.25, 0.3) is 10.9 Å². The number of hydrogen-bond acceptors (Lipinski definition) is 4. The van der Waals surface area contributed by atoms with Crippen LogP contribution < -0.4 is 5.32 Å². The van der Waals surface area contributed by atoms with Gasteiger partial charge in [0.2, 0.25) is 0 Å². The number of hydrogen-bond donors (Lipinski definition) is 1. The minimum absolute atomic E-state index is 0.0591. The Bertz CT molecular complexity index is 910. The van der Waals surface area contributed by atoms with Gasteiger partial charge < -0.3 is 5.32 Å². The number of carbonyl (C=O) groups excluding carboxylic acids is 1. The van der Waals surface area contributed by atoms with Gasteiger partial charge >= 0.3 is 0 Å². The predicted molar refractivity (Wildman–Crippen MR) is 90.5 cm³/mol. The Balaban J connectivity index is 1.92. The number of nitro benzene ring substituents is 1. The lowest BCUT2D eigenvalue weighted by Gasteiger charge is -2.09. The van der Waals surface area contributed by atoms with Crippen molar-refractivity contribution in [1.82, 2.24) is 4.98 Å². The first-order chi connectivity index (χ1) is 11.0. The molecule has 114 valence electrons. The second-order valence-electron chi connectivity index (χ2n) is 4.79. The molecule has 7 heteroatoms. The molecule has 0 aliphatic heterocycles. The number of carbonyl (C=O) groups is 1. The van der Waals surface area contributed by atoms with E-state index in [1.807, 2.05) is 18.2 Å². The molecule has 3 rings (SSSR count). The molecular formula is C16H10BrN3O3. The number of nitrogens with zero attached hydrogens (tertiary/aromatic N) is 2. The van der Waals surface area contributed by atoms with Crippen molar-refractivity contribution in [2.24, 2.45) is 0 Å². The Labute approximate surface area is 139 Å². The number of non-ortho nitro benzene ring substituents is 1. The normalized spacial score (nSPS) is 10.5. The Morgan fingerprint density at radius 1 is 1.17 bits per heavy atom. The quantitative estimate of drug-likeness (QED) is 0.553. The number of amides is 1. The molecule has 0 aliphatic rings. The van der Waals surface area contributed by atoms with E-state index in [2.05, 4.69) is 26.2 Å². The molecule has 0 aliphatic carbocycles. The van der Waals surface area contributed by atoms with Crippen molar-refractivity contribution in [2.45, 2.75) is 0 Å². The second-order valence-corrected chi connectivity index (χ2v) is 5.70. The number of rotatable bonds is 3. The average Bonchev–Trinajstić information content (AvgIpc) is 2.54. The lowest BCUT2D eigenvalue weighted by Crippen LogP contribution is -2.12. The minimum atomic E-state index is -0.507. The highest BCUT2D eigenvalue weighted by Crippen LogP contribution is 2.27. The molecule has 1 amide bonds. The lowest BCUT2D eigenvalue weighted by atomic mass is 10.1. The van der Waals surface area contributed by atoms with Crippen LogP contribution in [0.2, 0.25) is 0 Å². The van der Waals surface area contributed by atoms with Crippen LogP contribution in [0.5, 0.6) is 0 Å². The summed E-state index contributed by atoms with van der Waals surface area (Å²) in [5.41, 5.74) is 1.51. The summed E-state index contributed by atoms with van der Waals surface area (Å²) in [5.74, 6) is -0.357. The summed E-state index contributed by atoms with van der Waals surface area (Å²) >= 11 is 3.40. The van der Waals surface area contributed by atoms with Gasteiger partial charge in [-0.25, -0.2) is 0 Å². The number of nitro groups is 1. The van der Waals surface area contributed by atoms with Crippen molar-refractivity contribution in [1.29, 1.82) is 0 Å². The predicted octanol–water partition coefficient (Wildman–Crippen LogP) is 4.16. The van der Waals surface area contributed by atoms with Gasteiger partial charge in [-0.15, -0.1) is 0 Å². The number of pyridine rings is 1. The fraction of sp³-hybridized carbons (Fsp3) is 0. The molecule has 23 heavy (non-hydrogen) atoms. The topological polar surface area (TPSA) is 85.1 Å². The number of nitrogens with one attached hydrogen (secondary N) is 1. The molecule has 1 N–H and O–H groups in total. The maximum atomic E-state index is 12.3. The summed E-state index contributed by atoms with van der Waals surface area (Å²) in [6.45, 7) is 0.